The first kappa shape index (κ1) is 11.3. The number of carbonyl (C=O) groups excluding carboxylic acids is 1. The molecule has 0 aliphatic carbocycles. The zero-order chi connectivity index (χ0) is 11.1. The molecule has 82 valence electrons. The maximum atomic E-state index is 11.8. The number of nitrogens with zero attached hydrogens (tertiary/aromatic N) is 1. The number of amides is 2. The van der Waals surface area contributed by atoms with Gasteiger partial charge in [0.2, 0.25) is 0 Å². The van der Waals surface area contributed by atoms with E-state index < -0.39 is 0 Å². The topological polar surface area (TPSA) is 32.3 Å². The van der Waals surface area contributed by atoms with Gasteiger partial charge in [0.05, 0.1) is 0 Å². The molecule has 1 heterocycles. The summed E-state index contributed by atoms with van der Waals surface area (Å²) in [6.45, 7) is 12.6. The number of carbonyl (C=O) groups is 1. The summed E-state index contributed by atoms with van der Waals surface area (Å²) in [5.41, 5.74) is -0.0993. The van der Waals surface area contributed by atoms with Crippen molar-refractivity contribution in [3.63, 3.8) is 0 Å². The zero-order valence-electron chi connectivity index (χ0n) is 10.1. The lowest BCUT2D eigenvalue weighted by Crippen LogP contribution is -2.64. The summed E-state index contributed by atoms with van der Waals surface area (Å²) in [4.78, 5) is 13.8. The van der Waals surface area contributed by atoms with E-state index in [-0.39, 0.29) is 17.6 Å². The molecule has 1 saturated heterocycles. The highest BCUT2D eigenvalue weighted by Gasteiger charge is 2.39. The minimum Gasteiger partial charge on any atom is -0.335 e. The van der Waals surface area contributed by atoms with Crippen molar-refractivity contribution < 1.29 is 4.79 Å². The van der Waals surface area contributed by atoms with E-state index in [2.05, 4.69) is 46.9 Å². The van der Waals surface area contributed by atoms with E-state index in [0.29, 0.717) is 12.0 Å². The van der Waals surface area contributed by atoms with Crippen LogP contribution in [0.3, 0.4) is 0 Å². The Kier molecular flexibility index (Phi) is 2.79. The van der Waals surface area contributed by atoms with Crippen LogP contribution in [0.4, 0.5) is 4.79 Å². The van der Waals surface area contributed by atoms with Gasteiger partial charge in [0.25, 0.3) is 0 Å². The van der Waals surface area contributed by atoms with Gasteiger partial charge in [-0.2, -0.15) is 0 Å². The molecule has 1 fully saturated rings. The summed E-state index contributed by atoms with van der Waals surface area (Å²) in [6.07, 6.45) is 0. The number of rotatable bonds is 0. The van der Waals surface area contributed by atoms with Crippen molar-refractivity contribution in [2.24, 2.45) is 5.92 Å². The van der Waals surface area contributed by atoms with E-state index >= 15 is 0 Å². The normalized spacial score (nSPS) is 34.3. The molecule has 1 aliphatic heterocycles. The molecule has 3 nitrogen and oxygen atoms in total. The van der Waals surface area contributed by atoms with Gasteiger partial charge in [-0.05, 0) is 40.5 Å². The van der Waals surface area contributed by atoms with Gasteiger partial charge in [0, 0.05) is 17.6 Å². The fraction of sp³-hybridized carbons (Fsp3) is 0.909. The van der Waals surface area contributed by atoms with Crippen LogP contribution < -0.4 is 5.32 Å². The van der Waals surface area contributed by atoms with Crippen LogP contribution in [-0.4, -0.2) is 28.6 Å². The Hall–Kier alpha value is -0.730. The van der Waals surface area contributed by atoms with Crippen molar-refractivity contribution in [3.05, 3.63) is 0 Å². The Morgan fingerprint density at radius 1 is 1.21 bits per heavy atom. The first-order valence-electron chi connectivity index (χ1n) is 5.35. The van der Waals surface area contributed by atoms with Crippen molar-refractivity contribution >= 4 is 6.03 Å². The third-order valence-electron chi connectivity index (χ3n) is 3.25. The maximum Gasteiger partial charge on any atom is 0.318 e. The highest BCUT2D eigenvalue weighted by Crippen LogP contribution is 2.27. The standard InChI is InChI=1S/C11H22N2O/c1-7-8(2)12-10(14)13(9(7)3)11(4,5)6/h7-9H,1-6H3,(H,12,14). The molecule has 3 atom stereocenters. The van der Waals surface area contributed by atoms with Crippen LogP contribution in [0.25, 0.3) is 0 Å². The number of hydrogen-bond acceptors (Lipinski definition) is 1. The fourth-order valence-corrected chi connectivity index (χ4v) is 2.15. The average Bonchev–Trinajstić information content (AvgIpc) is 1.97. The zero-order valence-corrected chi connectivity index (χ0v) is 10.1. The third-order valence-corrected chi connectivity index (χ3v) is 3.25. The van der Waals surface area contributed by atoms with E-state index in [1.165, 1.54) is 0 Å². The minimum absolute atomic E-state index is 0.0654. The molecule has 0 aromatic rings. The van der Waals surface area contributed by atoms with Gasteiger partial charge in [-0.3, -0.25) is 0 Å². The smallest absolute Gasteiger partial charge is 0.318 e. The van der Waals surface area contributed by atoms with Gasteiger partial charge in [0.15, 0.2) is 0 Å². The van der Waals surface area contributed by atoms with Crippen LogP contribution in [0, 0.1) is 5.92 Å². The summed E-state index contributed by atoms with van der Waals surface area (Å²) in [6, 6.07) is 0.644. The number of nitrogens with one attached hydrogen (secondary N) is 1. The Morgan fingerprint density at radius 3 is 2.14 bits per heavy atom. The second-order valence-electron chi connectivity index (χ2n) is 5.38. The molecule has 3 unspecified atom stereocenters. The van der Waals surface area contributed by atoms with Crippen molar-refractivity contribution in [2.45, 2.75) is 59.2 Å². The molecule has 0 bridgehead atoms. The maximum absolute atomic E-state index is 11.8. The molecule has 0 radical (unpaired) electrons. The molecule has 1 rings (SSSR count). The second-order valence-corrected chi connectivity index (χ2v) is 5.38. The van der Waals surface area contributed by atoms with Crippen LogP contribution in [0.2, 0.25) is 0 Å². The van der Waals surface area contributed by atoms with Crippen LogP contribution in [-0.2, 0) is 0 Å². The molecule has 14 heavy (non-hydrogen) atoms. The van der Waals surface area contributed by atoms with Crippen molar-refractivity contribution in [1.82, 2.24) is 10.2 Å². The van der Waals surface area contributed by atoms with Gasteiger partial charge < -0.3 is 10.2 Å². The molecule has 1 aliphatic rings. The van der Waals surface area contributed by atoms with E-state index in [0.717, 1.165) is 0 Å². The van der Waals surface area contributed by atoms with Gasteiger partial charge in [-0.25, -0.2) is 4.79 Å². The van der Waals surface area contributed by atoms with Gasteiger partial charge in [-0.1, -0.05) is 6.92 Å². The number of hydrogen-bond donors (Lipinski definition) is 1. The van der Waals surface area contributed by atoms with E-state index in [9.17, 15) is 4.79 Å². The molecule has 0 aromatic carbocycles. The fourth-order valence-electron chi connectivity index (χ4n) is 2.15. The van der Waals surface area contributed by atoms with Crippen molar-refractivity contribution in [2.75, 3.05) is 0 Å². The molecule has 0 saturated carbocycles. The summed E-state index contributed by atoms with van der Waals surface area (Å²) < 4.78 is 0. The molecule has 2 amide bonds. The van der Waals surface area contributed by atoms with Crippen LogP contribution in [0.15, 0.2) is 0 Å². The summed E-state index contributed by atoms with van der Waals surface area (Å²) in [5.74, 6) is 0.493. The lowest BCUT2D eigenvalue weighted by Gasteiger charge is -2.48. The molecular formula is C11H22N2O. The third kappa shape index (κ3) is 1.86. The quantitative estimate of drug-likeness (QED) is 0.636. The Bertz CT molecular complexity index is 232. The highest BCUT2D eigenvalue weighted by molar-refractivity contribution is 5.76. The summed E-state index contributed by atoms with van der Waals surface area (Å²) >= 11 is 0. The molecule has 0 spiro atoms. The lowest BCUT2D eigenvalue weighted by atomic mass is 9.89. The van der Waals surface area contributed by atoms with Gasteiger partial charge >= 0.3 is 6.03 Å². The monoisotopic (exact) mass is 198 g/mol. The number of urea groups is 1. The molecule has 0 aromatic heterocycles. The van der Waals surface area contributed by atoms with E-state index in [4.69, 9.17) is 0 Å². The van der Waals surface area contributed by atoms with Crippen LogP contribution >= 0.6 is 0 Å². The lowest BCUT2D eigenvalue weighted by molar-refractivity contribution is 0.0578. The molecule has 1 N–H and O–H groups in total. The Balaban J connectivity index is 2.90. The Morgan fingerprint density at radius 2 is 1.71 bits per heavy atom. The summed E-state index contributed by atoms with van der Waals surface area (Å²) in [5, 5.41) is 3.00. The van der Waals surface area contributed by atoms with E-state index in [1.54, 1.807) is 0 Å². The first-order valence-corrected chi connectivity index (χ1v) is 5.35. The predicted molar refractivity (Wildman–Crippen MR) is 58.2 cm³/mol. The SMILES string of the molecule is CC1NC(=O)N(C(C)(C)C)C(C)C1C. The minimum atomic E-state index is -0.0993. The molecular weight excluding hydrogens is 176 g/mol. The predicted octanol–water partition coefficient (Wildman–Crippen LogP) is 2.22. The highest BCUT2D eigenvalue weighted by atomic mass is 16.2. The Labute approximate surface area is 86.9 Å². The van der Waals surface area contributed by atoms with Crippen molar-refractivity contribution in [3.8, 4) is 0 Å². The van der Waals surface area contributed by atoms with Crippen LogP contribution in [0.1, 0.15) is 41.5 Å². The second kappa shape index (κ2) is 3.44. The first-order chi connectivity index (χ1) is 6.25. The van der Waals surface area contributed by atoms with Gasteiger partial charge in [0.1, 0.15) is 0 Å². The average molecular weight is 198 g/mol. The van der Waals surface area contributed by atoms with Crippen LogP contribution in [0.5, 0.6) is 0 Å². The van der Waals surface area contributed by atoms with Crippen molar-refractivity contribution in [1.29, 1.82) is 0 Å². The summed E-state index contributed by atoms with van der Waals surface area (Å²) in [7, 11) is 0. The van der Waals surface area contributed by atoms with E-state index in [1.807, 2.05) is 4.90 Å². The largest absolute Gasteiger partial charge is 0.335 e. The molecule has 3 heteroatoms. The van der Waals surface area contributed by atoms with Gasteiger partial charge in [-0.15, -0.1) is 0 Å².